The Morgan fingerprint density at radius 1 is 1.43 bits per heavy atom. The van der Waals surface area contributed by atoms with E-state index in [0.717, 1.165) is 6.07 Å². The van der Waals surface area contributed by atoms with Gasteiger partial charge in [-0.1, -0.05) is 6.07 Å². The van der Waals surface area contributed by atoms with Crippen LogP contribution in [0.15, 0.2) is 30.9 Å². The molecule has 1 saturated carbocycles. The molecule has 5 nitrogen and oxygen atoms in total. The van der Waals surface area contributed by atoms with E-state index in [1.165, 1.54) is 23.4 Å². The third-order valence-electron chi connectivity index (χ3n) is 4.07. The monoisotopic (exact) mass is 293 g/mol. The second-order valence-corrected chi connectivity index (χ2v) is 5.35. The average molecular weight is 293 g/mol. The van der Waals surface area contributed by atoms with Crippen molar-refractivity contribution in [2.45, 2.75) is 25.0 Å². The van der Waals surface area contributed by atoms with Crippen LogP contribution in [0.3, 0.4) is 0 Å². The van der Waals surface area contributed by atoms with Crippen LogP contribution in [0.4, 0.5) is 8.78 Å². The second-order valence-electron chi connectivity index (χ2n) is 5.35. The van der Waals surface area contributed by atoms with Gasteiger partial charge in [0.05, 0.1) is 12.0 Å². The van der Waals surface area contributed by atoms with Crippen molar-refractivity contribution in [1.82, 2.24) is 14.8 Å². The van der Waals surface area contributed by atoms with Gasteiger partial charge in [0.25, 0.3) is 0 Å². The van der Waals surface area contributed by atoms with Gasteiger partial charge in [0.15, 0.2) is 0 Å². The molecule has 0 spiro atoms. The number of hydrogen-bond donors (Lipinski definition) is 1. The fourth-order valence-electron chi connectivity index (χ4n) is 2.65. The third kappa shape index (κ3) is 2.13. The summed E-state index contributed by atoms with van der Waals surface area (Å²) in [6.45, 7) is -0.131. The standard InChI is InChI=1S/C14H13F2N3O2/c15-10-1-2-11(12(16)5-10)14(21,13(7-20)3-4-13)6-19-9-17-8-18-19/h1-2,5,7-9,21H,3-4,6H2. The number of carbonyl (C=O) groups is 1. The number of hydrogen-bond acceptors (Lipinski definition) is 4. The van der Waals surface area contributed by atoms with Gasteiger partial charge in [0, 0.05) is 11.6 Å². The Kier molecular flexibility index (Phi) is 3.09. The van der Waals surface area contributed by atoms with Crippen molar-refractivity contribution in [1.29, 1.82) is 0 Å². The SMILES string of the molecule is O=CC1(C(O)(Cn2cncn2)c2ccc(F)cc2F)CC1. The number of rotatable bonds is 5. The molecule has 2 aromatic rings. The first-order valence-corrected chi connectivity index (χ1v) is 6.47. The average Bonchev–Trinajstić information content (AvgIpc) is 3.11. The molecule has 1 atom stereocenters. The van der Waals surface area contributed by atoms with Crippen molar-refractivity contribution in [3.8, 4) is 0 Å². The first kappa shape index (κ1) is 13.8. The third-order valence-corrected chi connectivity index (χ3v) is 4.07. The maximum atomic E-state index is 14.1. The lowest BCUT2D eigenvalue weighted by Gasteiger charge is -2.34. The van der Waals surface area contributed by atoms with Crippen molar-refractivity contribution >= 4 is 6.29 Å². The molecule has 1 aliphatic rings. The van der Waals surface area contributed by atoms with Gasteiger partial charge >= 0.3 is 0 Å². The van der Waals surface area contributed by atoms with Crippen LogP contribution in [0.1, 0.15) is 18.4 Å². The highest BCUT2D eigenvalue weighted by Crippen LogP contribution is 2.57. The highest BCUT2D eigenvalue weighted by molar-refractivity contribution is 5.67. The normalized spacial score (nSPS) is 19.0. The topological polar surface area (TPSA) is 68.0 Å². The van der Waals surface area contributed by atoms with E-state index in [4.69, 9.17) is 0 Å². The van der Waals surface area contributed by atoms with Crippen molar-refractivity contribution in [3.63, 3.8) is 0 Å². The Hall–Kier alpha value is -2.15. The van der Waals surface area contributed by atoms with Crippen LogP contribution < -0.4 is 0 Å². The quantitative estimate of drug-likeness (QED) is 0.847. The summed E-state index contributed by atoms with van der Waals surface area (Å²) in [6, 6.07) is 2.93. The van der Waals surface area contributed by atoms with E-state index in [-0.39, 0.29) is 12.1 Å². The van der Waals surface area contributed by atoms with Crippen molar-refractivity contribution in [3.05, 3.63) is 48.1 Å². The molecule has 1 fully saturated rings. The predicted octanol–water partition coefficient (Wildman–Crippen LogP) is 1.42. The Bertz CT molecular complexity index is 671. The number of aliphatic hydroxyl groups is 1. The highest BCUT2D eigenvalue weighted by atomic mass is 19.1. The van der Waals surface area contributed by atoms with Crippen molar-refractivity contribution in [2.24, 2.45) is 5.41 Å². The van der Waals surface area contributed by atoms with Gasteiger partial charge in [0.1, 0.15) is 36.2 Å². The summed E-state index contributed by atoms with van der Waals surface area (Å²) in [4.78, 5) is 15.2. The predicted molar refractivity (Wildman–Crippen MR) is 68.0 cm³/mol. The van der Waals surface area contributed by atoms with E-state index in [1.54, 1.807) is 0 Å². The van der Waals surface area contributed by atoms with Crippen LogP contribution in [0.2, 0.25) is 0 Å². The number of aldehydes is 1. The Balaban J connectivity index is 2.10. The van der Waals surface area contributed by atoms with Crippen LogP contribution in [0.25, 0.3) is 0 Å². The van der Waals surface area contributed by atoms with Gasteiger partial charge in [-0.15, -0.1) is 0 Å². The minimum absolute atomic E-state index is 0.107. The molecular weight excluding hydrogens is 280 g/mol. The number of aromatic nitrogens is 3. The summed E-state index contributed by atoms with van der Waals surface area (Å²) in [5, 5.41) is 14.9. The molecule has 1 N–H and O–H groups in total. The molecule has 1 unspecified atom stereocenters. The van der Waals surface area contributed by atoms with Crippen molar-refractivity contribution in [2.75, 3.05) is 0 Å². The Morgan fingerprint density at radius 3 is 2.71 bits per heavy atom. The van der Waals surface area contributed by atoms with Crippen LogP contribution in [-0.2, 0) is 16.9 Å². The first-order valence-electron chi connectivity index (χ1n) is 6.47. The summed E-state index contributed by atoms with van der Waals surface area (Å²) in [5.74, 6) is -1.62. The minimum atomic E-state index is -1.79. The van der Waals surface area contributed by atoms with Gasteiger partial charge < -0.3 is 9.90 Å². The lowest BCUT2D eigenvalue weighted by atomic mass is 9.78. The highest BCUT2D eigenvalue weighted by Gasteiger charge is 2.61. The number of halogens is 2. The van der Waals surface area contributed by atoms with E-state index in [1.807, 2.05) is 0 Å². The summed E-state index contributed by atoms with van der Waals surface area (Å²) in [5.41, 5.74) is -2.97. The summed E-state index contributed by atoms with van der Waals surface area (Å²) in [6.07, 6.45) is 4.18. The second kappa shape index (κ2) is 4.70. The van der Waals surface area contributed by atoms with E-state index < -0.39 is 22.7 Å². The molecule has 110 valence electrons. The van der Waals surface area contributed by atoms with E-state index in [2.05, 4.69) is 10.1 Å². The lowest BCUT2D eigenvalue weighted by Crippen LogP contribution is -2.43. The number of benzene rings is 1. The number of carbonyl (C=O) groups excluding carboxylic acids is 1. The zero-order valence-electron chi connectivity index (χ0n) is 11.0. The zero-order chi connectivity index (χ0) is 15.1. The molecule has 1 aromatic carbocycles. The molecule has 21 heavy (non-hydrogen) atoms. The van der Waals surface area contributed by atoms with E-state index in [0.29, 0.717) is 25.2 Å². The first-order chi connectivity index (χ1) is 10.0. The molecule has 7 heteroatoms. The van der Waals surface area contributed by atoms with Crippen molar-refractivity contribution < 1.29 is 18.7 Å². The van der Waals surface area contributed by atoms with E-state index in [9.17, 15) is 18.7 Å². The molecular formula is C14H13F2N3O2. The molecule has 1 aliphatic carbocycles. The maximum Gasteiger partial charge on any atom is 0.137 e. The van der Waals surface area contributed by atoms with Crippen LogP contribution in [-0.4, -0.2) is 26.2 Å². The molecule has 0 amide bonds. The smallest absolute Gasteiger partial charge is 0.137 e. The maximum absolute atomic E-state index is 14.1. The molecule has 0 saturated heterocycles. The Morgan fingerprint density at radius 2 is 2.19 bits per heavy atom. The lowest BCUT2D eigenvalue weighted by molar-refractivity contribution is -0.127. The zero-order valence-corrected chi connectivity index (χ0v) is 11.0. The molecule has 0 bridgehead atoms. The molecule has 0 aliphatic heterocycles. The fraction of sp³-hybridized carbons (Fsp3) is 0.357. The van der Waals surface area contributed by atoms with Gasteiger partial charge in [0.2, 0.25) is 0 Å². The van der Waals surface area contributed by atoms with Crippen LogP contribution in [0, 0.1) is 17.0 Å². The van der Waals surface area contributed by atoms with Gasteiger partial charge in [-0.25, -0.2) is 18.4 Å². The summed E-state index contributed by atoms with van der Waals surface area (Å²) >= 11 is 0. The minimum Gasteiger partial charge on any atom is -0.382 e. The summed E-state index contributed by atoms with van der Waals surface area (Å²) < 4.78 is 28.5. The van der Waals surface area contributed by atoms with Crippen LogP contribution in [0.5, 0.6) is 0 Å². The molecule has 3 rings (SSSR count). The fourth-order valence-corrected chi connectivity index (χ4v) is 2.65. The number of nitrogens with zero attached hydrogens (tertiary/aromatic N) is 3. The van der Waals surface area contributed by atoms with Gasteiger partial charge in [-0.05, 0) is 18.9 Å². The molecule has 1 aromatic heterocycles. The van der Waals surface area contributed by atoms with Gasteiger partial charge in [-0.3, -0.25) is 0 Å². The molecule has 1 heterocycles. The van der Waals surface area contributed by atoms with Gasteiger partial charge in [-0.2, -0.15) is 5.10 Å². The molecule has 0 radical (unpaired) electrons. The van der Waals surface area contributed by atoms with Crippen LogP contribution >= 0.6 is 0 Å². The largest absolute Gasteiger partial charge is 0.382 e. The summed E-state index contributed by atoms with van der Waals surface area (Å²) in [7, 11) is 0. The Labute approximate surface area is 119 Å². The van der Waals surface area contributed by atoms with E-state index >= 15 is 0 Å².